The van der Waals surface area contributed by atoms with E-state index in [-0.39, 0.29) is 10.8 Å². The molecule has 0 spiro atoms. The normalized spacial score (nSPS) is 12.4. The highest BCUT2D eigenvalue weighted by molar-refractivity contribution is 5.49. The third-order valence-corrected chi connectivity index (χ3v) is 4.05. The third kappa shape index (κ3) is 4.57. The monoisotopic (exact) mass is 327 g/mol. The first-order valence-corrected chi connectivity index (χ1v) is 8.42. The van der Waals surface area contributed by atoms with Crippen LogP contribution in [0.4, 0.5) is 0 Å². The number of hydrogen-bond acceptors (Lipinski definition) is 3. The van der Waals surface area contributed by atoms with Gasteiger partial charge in [0, 0.05) is 12.4 Å². The van der Waals surface area contributed by atoms with Gasteiger partial charge < -0.3 is 9.84 Å². The van der Waals surface area contributed by atoms with Crippen molar-refractivity contribution >= 4 is 0 Å². The van der Waals surface area contributed by atoms with Crippen molar-refractivity contribution in [3.05, 3.63) is 58.9 Å². The summed E-state index contributed by atoms with van der Waals surface area (Å²) in [7, 11) is 0. The van der Waals surface area contributed by atoms with Crippen molar-refractivity contribution in [2.75, 3.05) is 0 Å². The lowest BCUT2D eigenvalue weighted by Gasteiger charge is -2.28. The van der Waals surface area contributed by atoms with Crippen LogP contribution in [0.5, 0.6) is 5.75 Å². The molecule has 0 bridgehead atoms. The molecule has 1 aromatic carbocycles. The van der Waals surface area contributed by atoms with Crippen LogP contribution in [-0.2, 0) is 28.8 Å². The average Bonchev–Trinajstić information content (AvgIpc) is 2.47. The second-order valence-corrected chi connectivity index (χ2v) is 8.39. The lowest BCUT2D eigenvalue weighted by molar-refractivity contribution is 0.106. The van der Waals surface area contributed by atoms with Crippen LogP contribution in [0.15, 0.2) is 36.7 Å². The molecule has 24 heavy (non-hydrogen) atoms. The van der Waals surface area contributed by atoms with Gasteiger partial charge in [0.15, 0.2) is 0 Å². The van der Waals surface area contributed by atoms with E-state index in [4.69, 9.17) is 4.74 Å². The maximum Gasteiger partial charge on any atom is 0.123 e. The number of hydrogen-bond donors (Lipinski definition) is 1. The summed E-state index contributed by atoms with van der Waals surface area (Å²) in [6.45, 7) is 13.8. The fourth-order valence-electron chi connectivity index (χ4n) is 2.69. The zero-order valence-corrected chi connectivity index (χ0v) is 15.7. The Morgan fingerprint density at radius 1 is 0.917 bits per heavy atom. The molecule has 0 radical (unpaired) electrons. The first kappa shape index (κ1) is 18.5. The summed E-state index contributed by atoms with van der Waals surface area (Å²) in [5.41, 5.74) is 3.84. The van der Waals surface area contributed by atoms with Crippen LogP contribution in [-0.4, -0.2) is 10.1 Å². The van der Waals surface area contributed by atoms with E-state index < -0.39 is 0 Å². The number of nitrogens with zero attached hydrogens (tertiary/aromatic N) is 1. The number of ether oxygens (including phenoxy) is 1. The summed E-state index contributed by atoms with van der Waals surface area (Å²) in [5, 5.41) is 10.7. The molecule has 0 aliphatic heterocycles. The number of phenolic OH excluding ortho intramolecular Hbond substituents is 1. The predicted molar refractivity (Wildman–Crippen MR) is 98.2 cm³/mol. The minimum absolute atomic E-state index is 0.122. The molecule has 0 atom stereocenters. The van der Waals surface area contributed by atoms with Crippen molar-refractivity contribution in [3.8, 4) is 5.75 Å². The van der Waals surface area contributed by atoms with Crippen LogP contribution in [0, 0.1) is 0 Å². The molecule has 1 N–H and O–H groups in total. The molecule has 0 saturated heterocycles. The molecule has 3 heteroatoms. The molecule has 130 valence electrons. The number of pyridine rings is 1. The van der Waals surface area contributed by atoms with Gasteiger partial charge in [0.25, 0.3) is 0 Å². The van der Waals surface area contributed by atoms with Crippen LogP contribution in [0.25, 0.3) is 0 Å². The number of rotatable bonds is 4. The lowest BCUT2D eigenvalue weighted by Crippen LogP contribution is -2.18. The molecule has 2 rings (SSSR count). The Balaban J connectivity index is 2.26. The van der Waals surface area contributed by atoms with Crippen LogP contribution >= 0.6 is 0 Å². The summed E-state index contributed by atoms with van der Waals surface area (Å²) in [6, 6.07) is 8.04. The maximum atomic E-state index is 10.7. The Morgan fingerprint density at radius 2 is 1.46 bits per heavy atom. The van der Waals surface area contributed by atoms with Crippen molar-refractivity contribution in [2.45, 2.75) is 65.6 Å². The van der Waals surface area contributed by atoms with Gasteiger partial charge in [0.1, 0.15) is 5.75 Å². The second-order valence-electron chi connectivity index (χ2n) is 8.39. The smallest absolute Gasteiger partial charge is 0.123 e. The van der Waals surface area contributed by atoms with E-state index in [1.807, 2.05) is 18.3 Å². The van der Waals surface area contributed by atoms with Gasteiger partial charge in [-0.05, 0) is 51.3 Å². The molecule has 3 nitrogen and oxygen atoms in total. The Kier molecular flexibility index (Phi) is 5.34. The largest absolute Gasteiger partial charge is 0.507 e. The fourth-order valence-corrected chi connectivity index (χ4v) is 2.69. The third-order valence-electron chi connectivity index (χ3n) is 4.05. The van der Waals surface area contributed by atoms with Crippen molar-refractivity contribution in [1.29, 1.82) is 0 Å². The second kappa shape index (κ2) is 6.94. The first-order chi connectivity index (χ1) is 11.1. The summed E-state index contributed by atoms with van der Waals surface area (Å²) < 4.78 is 5.86. The van der Waals surface area contributed by atoms with Crippen LogP contribution in [0.1, 0.15) is 63.8 Å². The summed E-state index contributed by atoms with van der Waals surface area (Å²) in [5.74, 6) is 0.408. The summed E-state index contributed by atoms with van der Waals surface area (Å²) in [4.78, 5) is 4.10. The molecule has 0 unspecified atom stereocenters. The highest BCUT2D eigenvalue weighted by Gasteiger charge is 2.26. The Labute approximate surface area is 145 Å². The SMILES string of the molecule is CC(C)(C)c1cc(COCc2cccnc2)cc(C(C)(C)C)c1O. The Bertz CT molecular complexity index is 644. The van der Waals surface area contributed by atoms with Crippen molar-refractivity contribution in [1.82, 2.24) is 4.98 Å². The molecule has 0 aliphatic rings. The van der Waals surface area contributed by atoms with E-state index >= 15 is 0 Å². The van der Waals surface area contributed by atoms with Gasteiger partial charge in [-0.3, -0.25) is 4.98 Å². The average molecular weight is 327 g/mol. The fraction of sp³-hybridized carbons (Fsp3) is 0.476. The van der Waals surface area contributed by atoms with E-state index in [9.17, 15) is 5.11 Å². The summed E-state index contributed by atoms with van der Waals surface area (Å²) in [6.07, 6.45) is 3.58. The maximum absolute atomic E-state index is 10.7. The topological polar surface area (TPSA) is 42.4 Å². The van der Waals surface area contributed by atoms with Gasteiger partial charge in [-0.15, -0.1) is 0 Å². The Morgan fingerprint density at radius 3 is 1.92 bits per heavy atom. The highest BCUT2D eigenvalue weighted by atomic mass is 16.5. The zero-order chi connectivity index (χ0) is 18.0. The van der Waals surface area contributed by atoms with E-state index in [1.165, 1.54) is 0 Å². The number of aromatic nitrogens is 1. The molecular weight excluding hydrogens is 298 g/mol. The Hall–Kier alpha value is -1.87. The van der Waals surface area contributed by atoms with Crippen molar-refractivity contribution in [3.63, 3.8) is 0 Å². The molecule has 0 saturated carbocycles. The van der Waals surface area contributed by atoms with E-state index in [0.29, 0.717) is 19.0 Å². The van der Waals surface area contributed by atoms with E-state index in [2.05, 4.69) is 58.7 Å². The predicted octanol–water partition coefficient (Wildman–Crippen LogP) is 5.10. The molecule has 1 heterocycles. The van der Waals surface area contributed by atoms with Crippen LogP contribution in [0.2, 0.25) is 0 Å². The number of phenols is 1. The number of benzene rings is 1. The number of aromatic hydroxyl groups is 1. The van der Waals surface area contributed by atoms with E-state index in [0.717, 1.165) is 22.3 Å². The minimum Gasteiger partial charge on any atom is -0.507 e. The van der Waals surface area contributed by atoms with Gasteiger partial charge in [0.05, 0.1) is 13.2 Å². The van der Waals surface area contributed by atoms with Gasteiger partial charge in [0.2, 0.25) is 0 Å². The molecule has 0 aliphatic carbocycles. The van der Waals surface area contributed by atoms with Crippen LogP contribution in [0.3, 0.4) is 0 Å². The zero-order valence-electron chi connectivity index (χ0n) is 15.7. The molecule has 2 aromatic rings. The van der Waals surface area contributed by atoms with Gasteiger partial charge in [-0.2, -0.15) is 0 Å². The van der Waals surface area contributed by atoms with Crippen molar-refractivity contribution < 1.29 is 9.84 Å². The standard InChI is InChI=1S/C21H29NO2/c1-20(2,3)17-10-16(11-18(19(17)23)21(4,5)6)14-24-13-15-8-7-9-22-12-15/h7-12,23H,13-14H2,1-6H3. The molecule has 0 amide bonds. The quantitative estimate of drug-likeness (QED) is 0.849. The van der Waals surface area contributed by atoms with Gasteiger partial charge in [-0.1, -0.05) is 47.6 Å². The van der Waals surface area contributed by atoms with Crippen molar-refractivity contribution in [2.24, 2.45) is 0 Å². The first-order valence-electron chi connectivity index (χ1n) is 8.42. The van der Waals surface area contributed by atoms with E-state index in [1.54, 1.807) is 6.20 Å². The lowest BCUT2D eigenvalue weighted by atomic mass is 9.78. The van der Waals surface area contributed by atoms with Gasteiger partial charge >= 0.3 is 0 Å². The highest BCUT2D eigenvalue weighted by Crippen LogP contribution is 2.39. The van der Waals surface area contributed by atoms with Gasteiger partial charge in [-0.25, -0.2) is 0 Å². The molecule has 0 fully saturated rings. The summed E-state index contributed by atoms with van der Waals surface area (Å²) >= 11 is 0. The van der Waals surface area contributed by atoms with Crippen LogP contribution < -0.4 is 0 Å². The molecule has 1 aromatic heterocycles. The molecular formula is C21H29NO2. The minimum atomic E-state index is -0.122.